The summed E-state index contributed by atoms with van der Waals surface area (Å²) in [6.45, 7) is 2.77. The van der Waals surface area contributed by atoms with Gasteiger partial charge >= 0.3 is 0 Å². The van der Waals surface area contributed by atoms with Crippen molar-refractivity contribution in [2.45, 2.75) is 57.3 Å². The molecule has 0 saturated carbocycles. The Hall–Kier alpha value is -2.29. The van der Waals surface area contributed by atoms with Gasteiger partial charge in [0.05, 0.1) is 0 Å². The summed E-state index contributed by atoms with van der Waals surface area (Å²) in [5, 5.41) is 7.18. The molecule has 3 nitrogen and oxygen atoms in total. The maximum atomic E-state index is 4.84. The Morgan fingerprint density at radius 1 is 0.714 bits per heavy atom. The van der Waals surface area contributed by atoms with E-state index in [9.17, 15) is 0 Å². The van der Waals surface area contributed by atoms with Crippen LogP contribution in [0.5, 0.6) is 0 Å². The maximum absolute atomic E-state index is 4.84. The van der Waals surface area contributed by atoms with Crippen molar-refractivity contribution in [2.75, 3.05) is 19.6 Å². The number of nitrogens with one attached hydrogen (secondary N) is 2. The fraction of sp³-hybridized carbons (Fsp3) is 0.480. The summed E-state index contributed by atoms with van der Waals surface area (Å²) in [7, 11) is 0. The van der Waals surface area contributed by atoms with Crippen molar-refractivity contribution in [3.8, 4) is 0 Å². The van der Waals surface area contributed by atoms with Gasteiger partial charge in [0.25, 0.3) is 0 Å². The Morgan fingerprint density at radius 3 is 1.86 bits per heavy atom. The standard InChI is InChI=1S/C25H35N3/c1-2-4-6-14-20-27-25(26-19-13-5-3-1)28-21-24(22-15-9-7-10-16-22)23-17-11-8-12-18-23/h7-12,15-18,24H,1-6,13-14,19-21H2,(H2,26,27,28). The van der Waals surface area contributed by atoms with Gasteiger partial charge in [-0.05, 0) is 24.0 Å². The van der Waals surface area contributed by atoms with Crippen LogP contribution in [0.3, 0.4) is 0 Å². The van der Waals surface area contributed by atoms with Crippen molar-refractivity contribution in [1.82, 2.24) is 10.6 Å². The van der Waals surface area contributed by atoms with Crippen molar-refractivity contribution < 1.29 is 0 Å². The Bertz CT molecular complexity index is 642. The predicted molar refractivity (Wildman–Crippen MR) is 120 cm³/mol. The number of nitrogens with zero attached hydrogens (tertiary/aromatic N) is 1. The molecule has 0 fully saturated rings. The van der Waals surface area contributed by atoms with Gasteiger partial charge in [-0.25, -0.2) is 0 Å². The average molecular weight is 378 g/mol. The second kappa shape index (κ2) is 12.2. The van der Waals surface area contributed by atoms with E-state index in [0.29, 0.717) is 5.92 Å². The first-order chi connectivity index (χ1) is 13.9. The summed E-state index contributed by atoms with van der Waals surface area (Å²) >= 11 is 0. The van der Waals surface area contributed by atoms with Gasteiger partial charge in [0.2, 0.25) is 0 Å². The second-order valence-corrected chi connectivity index (χ2v) is 7.74. The van der Waals surface area contributed by atoms with Crippen LogP contribution in [0.25, 0.3) is 0 Å². The van der Waals surface area contributed by atoms with Gasteiger partial charge in [-0.15, -0.1) is 0 Å². The van der Waals surface area contributed by atoms with Gasteiger partial charge in [0, 0.05) is 25.6 Å². The van der Waals surface area contributed by atoms with Crippen molar-refractivity contribution >= 4 is 5.96 Å². The SMILES string of the molecule is c1ccc(C(CNC2=NCCCCCCCCCCN2)c2ccccc2)cc1. The first-order valence-corrected chi connectivity index (χ1v) is 11.1. The van der Waals surface area contributed by atoms with Crippen LogP contribution in [0.2, 0.25) is 0 Å². The number of rotatable bonds is 4. The molecule has 1 aliphatic rings. The molecule has 0 aromatic heterocycles. The molecule has 0 aliphatic carbocycles. The van der Waals surface area contributed by atoms with Crippen molar-refractivity contribution in [2.24, 2.45) is 4.99 Å². The zero-order chi connectivity index (χ0) is 19.3. The smallest absolute Gasteiger partial charge is 0.191 e. The topological polar surface area (TPSA) is 36.4 Å². The minimum Gasteiger partial charge on any atom is -0.356 e. The van der Waals surface area contributed by atoms with Gasteiger partial charge in [0.15, 0.2) is 5.96 Å². The summed E-state index contributed by atoms with van der Waals surface area (Å²) in [6.07, 6.45) is 10.5. The van der Waals surface area contributed by atoms with E-state index < -0.39 is 0 Å². The number of hydrogen-bond donors (Lipinski definition) is 2. The molecule has 0 saturated heterocycles. The number of guanidine groups is 1. The van der Waals surface area contributed by atoms with Crippen LogP contribution in [-0.4, -0.2) is 25.6 Å². The van der Waals surface area contributed by atoms with Crippen LogP contribution in [0, 0.1) is 0 Å². The fourth-order valence-corrected chi connectivity index (χ4v) is 3.87. The number of hydrogen-bond acceptors (Lipinski definition) is 3. The Kier molecular flexibility index (Phi) is 8.93. The summed E-state index contributed by atoms with van der Waals surface area (Å²) in [5.41, 5.74) is 2.68. The van der Waals surface area contributed by atoms with Crippen LogP contribution in [0.4, 0.5) is 0 Å². The molecule has 150 valence electrons. The monoisotopic (exact) mass is 377 g/mol. The van der Waals surface area contributed by atoms with Crippen molar-refractivity contribution in [3.63, 3.8) is 0 Å². The van der Waals surface area contributed by atoms with Gasteiger partial charge in [0.1, 0.15) is 0 Å². The summed E-state index contributed by atoms with van der Waals surface area (Å²) in [4.78, 5) is 4.84. The lowest BCUT2D eigenvalue weighted by atomic mass is 9.91. The summed E-state index contributed by atoms with van der Waals surface area (Å²) < 4.78 is 0. The molecular formula is C25H35N3. The number of aliphatic imine (C=N–C) groups is 1. The highest BCUT2D eigenvalue weighted by Gasteiger charge is 2.14. The van der Waals surface area contributed by atoms with Gasteiger partial charge in [-0.1, -0.05) is 99.2 Å². The van der Waals surface area contributed by atoms with Crippen LogP contribution >= 0.6 is 0 Å². The third-order valence-corrected chi connectivity index (χ3v) is 5.52. The molecular weight excluding hydrogens is 342 g/mol. The van der Waals surface area contributed by atoms with E-state index in [2.05, 4.69) is 71.3 Å². The molecule has 1 aliphatic heterocycles. The van der Waals surface area contributed by atoms with Crippen LogP contribution in [-0.2, 0) is 0 Å². The first-order valence-electron chi connectivity index (χ1n) is 11.1. The minimum atomic E-state index is 0.316. The highest BCUT2D eigenvalue weighted by Crippen LogP contribution is 2.23. The summed E-state index contributed by atoms with van der Waals surface area (Å²) in [6, 6.07) is 21.6. The normalized spacial score (nSPS) is 16.8. The third kappa shape index (κ3) is 7.03. The number of benzene rings is 2. The van der Waals surface area contributed by atoms with E-state index >= 15 is 0 Å². The largest absolute Gasteiger partial charge is 0.356 e. The molecule has 3 heteroatoms. The van der Waals surface area contributed by atoms with E-state index in [1.807, 2.05) is 0 Å². The Morgan fingerprint density at radius 2 is 1.25 bits per heavy atom. The molecule has 0 unspecified atom stereocenters. The highest BCUT2D eigenvalue weighted by molar-refractivity contribution is 5.79. The van der Waals surface area contributed by atoms with E-state index in [1.54, 1.807) is 0 Å². The molecule has 0 spiro atoms. The summed E-state index contributed by atoms with van der Waals surface area (Å²) in [5.74, 6) is 1.28. The molecule has 2 aromatic rings. The first kappa shape index (κ1) is 20.4. The maximum Gasteiger partial charge on any atom is 0.191 e. The predicted octanol–water partition coefficient (Wildman–Crippen LogP) is 5.49. The molecule has 3 rings (SSSR count). The van der Waals surface area contributed by atoms with Gasteiger partial charge in [-0.2, -0.15) is 0 Å². The molecule has 0 atom stereocenters. The van der Waals surface area contributed by atoms with E-state index in [0.717, 1.165) is 25.6 Å². The Balaban J connectivity index is 1.65. The molecule has 0 bridgehead atoms. The molecule has 2 N–H and O–H groups in total. The lowest BCUT2D eigenvalue weighted by Crippen LogP contribution is -2.40. The quantitative estimate of drug-likeness (QED) is 0.739. The zero-order valence-electron chi connectivity index (χ0n) is 17.1. The lowest BCUT2D eigenvalue weighted by Gasteiger charge is -2.21. The molecule has 1 heterocycles. The highest BCUT2D eigenvalue weighted by atomic mass is 15.2. The zero-order valence-corrected chi connectivity index (χ0v) is 17.1. The molecule has 28 heavy (non-hydrogen) atoms. The van der Waals surface area contributed by atoms with Crippen LogP contribution < -0.4 is 10.6 Å². The van der Waals surface area contributed by atoms with E-state index in [1.165, 1.54) is 62.5 Å². The van der Waals surface area contributed by atoms with Gasteiger partial charge in [-0.3, -0.25) is 4.99 Å². The second-order valence-electron chi connectivity index (χ2n) is 7.74. The van der Waals surface area contributed by atoms with Crippen molar-refractivity contribution in [1.29, 1.82) is 0 Å². The molecule has 0 amide bonds. The van der Waals surface area contributed by atoms with E-state index in [4.69, 9.17) is 4.99 Å². The molecule has 2 aromatic carbocycles. The van der Waals surface area contributed by atoms with Gasteiger partial charge < -0.3 is 10.6 Å². The molecule has 0 radical (unpaired) electrons. The van der Waals surface area contributed by atoms with Crippen molar-refractivity contribution in [3.05, 3.63) is 71.8 Å². The lowest BCUT2D eigenvalue weighted by molar-refractivity contribution is 0.571. The van der Waals surface area contributed by atoms with Crippen LogP contribution in [0.1, 0.15) is 68.4 Å². The fourth-order valence-electron chi connectivity index (χ4n) is 3.87. The average Bonchev–Trinajstić information content (AvgIpc) is 2.77. The third-order valence-electron chi connectivity index (χ3n) is 5.52. The Labute approximate surface area is 170 Å². The minimum absolute atomic E-state index is 0.316. The van der Waals surface area contributed by atoms with E-state index in [-0.39, 0.29) is 0 Å². The van der Waals surface area contributed by atoms with Crippen LogP contribution in [0.15, 0.2) is 65.7 Å².